The van der Waals surface area contributed by atoms with Gasteiger partial charge in [-0.3, -0.25) is 0 Å². The van der Waals surface area contributed by atoms with E-state index in [1.807, 2.05) is 0 Å². The van der Waals surface area contributed by atoms with Gasteiger partial charge in [0, 0.05) is 5.56 Å². The number of aromatic hydroxyl groups is 1. The number of hydrogen-bond acceptors (Lipinski definition) is 7. The molecule has 0 saturated heterocycles. The van der Waals surface area contributed by atoms with Crippen molar-refractivity contribution >= 4 is 11.7 Å². The minimum absolute atomic E-state index is 0.0720. The lowest BCUT2D eigenvalue weighted by molar-refractivity contribution is -0.201. The van der Waals surface area contributed by atoms with Gasteiger partial charge in [-0.25, -0.2) is 4.79 Å². The average molecular weight is 415 g/mol. The van der Waals surface area contributed by atoms with Crippen LogP contribution >= 0.6 is 0 Å². The lowest BCUT2D eigenvalue weighted by Crippen LogP contribution is -2.55. The largest absolute Gasteiger partial charge is 0.502 e. The molecule has 0 aliphatic rings. The molecule has 0 saturated carbocycles. The van der Waals surface area contributed by atoms with E-state index in [0.717, 1.165) is 33.5 Å². The van der Waals surface area contributed by atoms with Gasteiger partial charge in [-0.15, -0.1) is 0 Å². The van der Waals surface area contributed by atoms with Crippen LogP contribution in [0.25, 0.3) is 0 Å². The Morgan fingerprint density at radius 3 is 1.90 bits per heavy atom. The highest BCUT2D eigenvalue weighted by Crippen LogP contribution is 2.48. The van der Waals surface area contributed by atoms with Crippen molar-refractivity contribution in [1.82, 2.24) is 0 Å². The molecule has 2 rings (SSSR count). The Hall–Kier alpha value is -3.30. The molecule has 0 heterocycles. The number of methoxy groups -OCH3 is 4. The lowest BCUT2D eigenvalue weighted by Gasteiger charge is -2.35. The maximum atomic E-state index is 14.4. The predicted octanol–water partition coefficient (Wildman–Crippen LogP) is 3.46. The van der Waals surface area contributed by atoms with E-state index in [9.17, 15) is 23.1 Å². The van der Waals surface area contributed by atoms with Crippen LogP contribution in [0.15, 0.2) is 36.4 Å². The van der Waals surface area contributed by atoms with Crippen LogP contribution in [0.5, 0.6) is 23.0 Å². The molecule has 10 heteroatoms. The third kappa shape index (κ3) is 3.82. The number of halogens is 3. The number of anilines is 1. The van der Waals surface area contributed by atoms with Gasteiger partial charge in [0.25, 0.3) is 5.54 Å². The maximum absolute atomic E-state index is 14.4. The molecule has 0 radical (unpaired) electrons. The minimum Gasteiger partial charge on any atom is -0.502 e. The lowest BCUT2D eigenvalue weighted by atomic mass is 9.87. The molecule has 0 amide bonds. The second-order valence-electron chi connectivity index (χ2n) is 5.79. The molecule has 7 nitrogen and oxygen atoms in total. The smallest absolute Gasteiger partial charge is 0.426 e. The van der Waals surface area contributed by atoms with Crippen LogP contribution in [0.3, 0.4) is 0 Å². The van der Waals surface area contributed by atoms with Gasteiger partial charge in [0.05, 0.1) is 34.1 Å². The zero-order valence-corrected chi connectivity index (χ0v) is 16.1. The number of carbonyl (C=O) groups is 1. The Morgan fingerprint density at radius 1 is 0.931 bits per heavy atom. The molecule has 1 atom stereocenters. The van der Waals surface area contributed by atoms with Gasteiger partial charge in [0.2, 0.25) is 5.75 Å². The first-order valence-corrected chi connectivity index (χ1v) is 8.18. The van der Waals surface area contributed by atoms with Gasteiger partial charge >= 0.3 is 12.1 Å². The molecule has 0 unspecified atom stereocenters. The number of esters is 1. The summed E-state index contributed by atoms with van der Waals surface area (Å²) in [7, 11) is 4.42. The van der Waals surface area contributed by atoms with E-state index >= 15 is 0 Å². The Labute approximate surface area is 164 Å². The molecule has 2 N–H and O–H groups in total. The van der Waals surface area contributed by atoms with Crippen LogP contribution in [0, 0.1) is 0 Å². The van der Waals surface area contributed by atoms with Gasteiger partial charge < -0.3 is 29.4 Å². The topological polar surface area (TPSA) is 86.3 Å². The van der Waals surface area contributed by atoms with Crippen molar-refractivity contribution in [2.45, 2.75) is 11.7 Å². The third-order valence-corrected chi connectivity index (χ3v) is 4.26. The van der Waals surface area contributed by atoms with Crippen LogP contribution in [0.1, 0.15) is 5.56 Å². The average Bonchev–Trinajstić information content (AvgIpc) is 2.71. The maximum Gasteiger partial charge on any atom is 0.426 e. The first-order chi connectivity index (χ1) is 13.7. The minimum atomic E-state index is -5.17. The number of carbonyl (C=O) groups excluding carboxylic acids is 1. The normalized spacial score (nSPS) is 13.2. The summed E-state index contributed by atoms with van der Waals surface area (Å²) in [6.45, 7) is 0. The number of phenols is 1. The molecule has 0 aromatic heterocycles. The number of phenolic OH excluding ortho intramolecular Hbond substituents is 1. The summed E-state index contributed by atoms with van der Waals surface area (Å²) in [4.78, 5) is 12.6. The van der Waals surface area contributed by atoms with Crippen molar-refractivity contribution in [3.8, 4) is 23.0 Å². The van der Waals surface area contributed by atoms with E-state index in [1.165, 1.54) is 25.3 Å². The van der Waals surface area contributed by atoms with Gasteiger partial charge in [-0.2, -0.15) is 13.2 Å². The van der Waals surface area contributed by atoms with Crippen molar-refractivity contribution in [1.29, 1.82) is 0 Å². The van der Waals surface area contributed by atoms with Gasteiger partial charge in [0.15, 0.2) is 11.5 Å². The molecule has 2 aromatic rings. The predicted molar refractivity (Wildman–Crippen MR) is 97.6 cm³/mol. The van der Waals surface area contributed by atoms with Crippen LogP contribution < -0.4 is 19.5 Å². The van der Waals surface area contributed by atoms with Crippen LogP contribution in [0.4, 0.5) is 18.9 Å². The fraction of sp³-hybridized carbons (Fsp3) is 0.316. The van der Waals surface area contributed by atoms with E-state index < -0.39 is 29.0 Å². The van der Waals surface area contributed by atoms with Crippen molar-refractivity contribution in [3.05, 3.63) is 42.0 Å². The molecule has 0 bridgehead atoms. The molecule has 158 valence electrons. The van der Waals surface area contributed by atoms with Gasteiger partial charge in [-0.1, -0.05) is 12.1 Å². The van der Waals surface area contributed by atoms with E-state index in [-0.39, 0.29) is 22.9 Å². The van der Waals surface area contributed by atoms with Gasteiger partial charge in [0.1, 0.15) is 5.75 Å². The molecule has 0 fully saturated rings. The highest BCUT2D eigenvalue weighted by molar-refractivity contribution is 5.88. The molecule has 2 aromatic carbocycles. The van der Waals surface area contributed by atoms with E-state index in [1.54, 1.807) is 6.07 Å². The van der Waals surface area contributed by atoms with E-state index in [2.05, 4.69) is 10.1 Å². The summed E-state index contributed by atoms with van der Waals surface area (Å²) in [6.07, 6.45) is -5.17. The second kappa shape index (κ2) is 8.38. The Kier molecular flexibility index (Phi) is 6.35. The van der Waals surface area contributed by atoms with Crippen molar-refractivity contribution < 1.29 is 42.0 Å². The van der Waals surface area contributed by atoms with Crippen LogP contribution in [-0.2, 0) is 15.1 Å². The number of para-hydroxylation sites is 2. The van der Waals surface area contributed by atoms with Gasteiger partial charge in [-0.05, 0) is 24.3 Å². The van der Waals surface area contributed by atoms with E-state index in [0.29, 0.717) is 0 Å². The number of benzene rings is 2. The highest BCUT2D eigenvalue weighted by atomic mass is 19.4. The first kappa shape index (κ1) is 22.0. The van der Waals surface area contributed by atoms with Crippen molar-refractivity contribution in [3.63, 3.8) is 0 Å². The third-order valence-electron chi connectivity index (χ3n) is 4.26. The molecule has 29 heavy (non-hydrogen) atoms. The summed E-state index contributed by atoms with van der Waals surface area (Å²) in [5, 5.41) is 12.3. The number of hydrogen-bond donors (Lipinski definition) is 2. The Bertz CT molecular complexity index is 861. The van der Waals surface area contributed by atoms with Crippen molar-refractivity contribution in [2.24, 2.45) is 0 Å². The monoisotopic (exact) mass is 415 g/mol. The number of nitrogens with one attached hydrogen (secondary N) is 1. The summed E-state index contributed by atoms with van der Waals surface area (Å²) in [6, 6.07) is 7.54. The zero-order chi connectivity index (χ0) is 21.8. The fourth-order valence-corrected chi connectivity index (χ4v) is 2.80. The highest BCUT2D eigenvalue weighted by Gasteiger charge is 2.64. The summed E-state index contributed by atoms with van der Waals surface area (Å²) < 4.78 is 62.8. The standard InChI is InChI=1S/C19H20F3NO6/c1-26-13-8-6-5-7-12(13)23-18(17(25)29-4,19(20,21)22)11-9-14(27-2)16(24)15(10-11)28-3/h5-10,23-24H,1-4H3/t18-/m0/s1. The van der Waals surface area contributed by atoms with Crippen molar-refractivity contribution in [2.75, 3.05) is 33.8 Å². The molecule has 0 spiro atoms. The SMILES string of the molecule is COC(=O)[C@@](Nc1ccccc1OC)(c1cc(OC)c(O)c(OC)c1)C(F)(F)F. The molecular weight excluding hydrogens is 395 g/mol. The molecular formula is C19H20F3NO6. The summed E-state index contributed by atoms with van der Waals surface area (Å²) in [5.74, 6) is -2.72. The van der Waals surface area contributed by atoms with Crippen LogP contribution in [0.2, 0.25) is 0 Å². The number of ether oxygens (including phenoxy) is 4. The molecule has 0 aliphatic heterocycles. The zero-order valence-electron chi connectivity index (χ0n) is 16.1. The fourth-order valence-electron chi connectivity index (χ4n) is 2.80. The van der Waals surface area contributed by atoms with E-state index in [4.69, 9.17) is 14.2 Å². The quantitative estimate of drug-likeness (QED) is 0.670. The summed E-state index contributed by atoms with van der Waals surface area (Å²) >= 11 is 0. The molecule has 0 aliphatic carbocycles. The van der Waals surface area contributed by atoms with Crippen LogP contribution in [-0.4, -0.2) is 45.7 Å². The number of alkyl halides is 3. The Morgan fingerprint density at radius 2 is 1.45 bits per heavy atom. The summed E-state index contributed by atoms with van der Waals surface area (Å²) in [5.41, 5.74) is -4.08. The second-order valence-corrected chi connectivity index (χ2v) is 5.79. The first-order valence-electron chi connectivity index (χ1n) is 8.18. The number of rotatable bonds is 7. The Balaban J connectivity index is 2.86.